The van der Waals surface area contributed by atoms with Gasteiger partial charge in [0.1, 0.15) is 0 Å². The zero-order valence-electron chi connectivity index (χ0n) is 11.3. The highest BCUT2D eigenvalue weighted by atomic mass is 79.9. The van der Waals surface area contributed by atoms with Crippen LogP contribution in [0.25, 0.3) is 0 Å². The highest BCUT2D eigenvalue weighted by Crippen LogP contribution is 2.33. The number of carbonyl (C=O) groups excluding carboxylic acids is 1. The first-order valence-corrected chi connectivity index (χ1v) is 7.14. The van der Waals surface area contributed by atoms with E-state index in [4.69, 9.17) is 5.73 Å². The SMILES string of the molecule is CCCCC(N)C(=O)Nc1ccc(Br)cc1OC(F)(F)F. The van der Waals surface area contributed by atoms with E-state index in [0.29, 0.717) is 10.9 Å². The van der Waals surface area contributed by atoms with Crippen LogP contribution in [0.3, 0.4) is 0 Å². The van der Waals surface area contributed by atoms with Crippen LogP contribution in [-0.4, -0.2) is 18.3 Å². The fourth-order valence-electron chi connectivity index (χ4n) is 1.59. The van der Waals surface area contributed by atoms with Crippen LogP contribution in [0.5, 0.6) is 5.75 Å². The number of nitrogens with one attached hydrogen (secondary N) is 1. The Kier molecular flexibility index (Phi) is 6.47. The quantitative estimate of drug-likeness (QED) is 0.802. The van der Waals surface area contributed by atoms with E-state index in [1.807, 2.05) is 6.92 Å². The van der Waals surface area contributed by atoms with Crippen molar-refractivity contribution in [3.63, 3.8) is 0 Å². The van der Waals surface area contributed by atoms with Crippen LogP contribution in [0, 0.1) is 0 Å². The molecule has 0 heterocycles. The molecule has 0 spiro atoms. The minimum absolute atomic E-state index is 0.0764. The van der Waals surface area contributed by atoms with Gasteiger partial charge in [-0.05, 0) is 24.6 Å². The molecule has 1 aromatic rings. The fourth-order valence-corrected chi connectivity index (χ4v) is 1.93. The summed E-state index contributed by atoms with van der Waals surface area (Å²) < 4.78 is 41.3. The second-order valence-corrected chi connectivity index (χ2v) is 5.34. The van der Waals surface area contributed by atoms with Crippen molar-refractivity contribution >= 4 is 27.5 Å². The Balaban J connectivity index is 2.85. The Morgan fingerprint density at radius 2 is 2.14 bits per heavy atom. The lowest BCUT2D eigenvalue weighted by molar-refractivity contribution is -0.274. The van der Waals surface area contributed by atoms with Gasteiger partial charge in [-0.2, -0.15) is 0 Å². The standard InChI is InChI=1S/C13H16BrF3N2O2/c1-2-3-4-9(18)12(20)19-10-6-5-8(14)7-11(10)21-13(15,16)17/h5-7,9H,2-4,18H2,1H3,(H,19,20). The van der Waals surface area contributed by atoms with Gasteiger partial charge in [-0.1, -0.05) is 35.7 Å². The Hall–Kier alpha value is -1.28. The van der Waals surface area contributed by atoms with Crippen molar-refractivity contribution in [3.8, 4) is 5.75 Å². The van der Waals surface area contributed by atoms with Crippen molar-refractivity contribution in [2.45, 2.75) is 38.6 Å². The van der Waals surface area contributed by atoms with Gasteiger partial charge in [0.15, 0.2) is 5.75 Å². The molecule has 0 aliphatic rings. The van der Waals surface area contributed by atoms with Crippen molar-refractivity contribution in [1.82, 2.24) is 0 Å². The molecular formula is C13H16BrF3N2O2. The summed E-state index contributed by atoms with van der Waals surface area (Å²) in [4.78, 5) is 11.8. The largest absolute Gasteiger partial charge is 0.573 e. The number of benzene rings is 1. The molecule has 0 radical (unpaired) electrons. The number of halogens is 4. The van der Waals surface area contributed by atoms with Crippen LogP contribution < -0.4 is 15.8 Å². The number of amides is 1. The summed E-state index contributed by atoms with van der Waals surface area (Å²) in [5.41, 5.74) is 5.60. The zero-order valence-corrected chi connectivity index (χ0v) is 12.9. The Morgan fingerprint density at radius 3 is 2.71 bits per heavy atom. The van der Waals surface area contributed by atoms with Gasteiger partial charge < -0.3 is 15.8 Å². The molecule has 0 aliphatic carbocycles. The van der Waals surface area contributed by atoms with Gasteiger partial charge in [-0.3, -0.25) is 4.79 Å². The van der Waals surface area contributed by atoms with Crippen LogP contribution in [0.15, 0.2) is 22.7 Å². The molecule has 1 rings (SSSR count). The highest BCUT2D eigenvalue weighted by Gasteiger charge is 2.32. The normalized spacial score (nSPS) is 12.9. The molecule has 21 heavy (non-hydrogen) atoms. The van der Waals surface area contributed by atoms with E-state index in [9.17, 15) is 18.0 Å². The van der Waals surface area contributed by atoms with Crippen LogP contribution >= 0.6 is 15.9 Å². The molecule has 1 aromatic carbocycles. The smallest absolute Gasteiger partial charge is 0.404 e. The minimum Gasteiger partial charge on any atom is -0.404 e. The summed E-state index contributed by atoms with van der Waals surface area (Å²) in [5.74, 6) is -1.04. The second-order valence-electron chi connectivity index (χ2n) is 4.43. The third-order valence-electron chi connectivity index (χ3n) is 2.63. The maximum Gasteiger partial charge on any atom is 0.573 e. The number of hydrogen-bond acceptors (Lipinski definition) is 3. The third-order valence-corrected chi connectivity index (χ3v) is 3.13. The second kappa shape index (κ2) is 7.65. The lowest BCUT2D eigenvalue weighted by Crippen LogP contribution is -2.35. The Morgan fingerprint density at radius 1 is 1.48 bits per heavy atom. The van der Waals surface area contributed by atoms with E-state index in [-0.39, 0.29) is 5.69 Å². The number of ether oxygens (including phenoxy) is 1. The van der Waals surface area contributed by atoms with Gasteiger partial charge in [0.05, 0.1) is 11.7 Å². The van der Waals surface area contributed by atoms with Gasteiger partial charge in [0.25, 0.3) is 0 Å². The molecule has 0 bridgehead atoms. The van der Waals surface area contributed by atoms with E-state index < -0.39 is 24.1 Å². The average Bonchev–Trinajstić information content (AvgIpc) is 2.37. The van der Waals surface area contributed by atoms with E-state index in [2.05, 4.69) is 26.0 Å². The summed E-state index contributed by atoms with van der Waals surface area (Å²) in [6, 6.07) is 3.17. The summed E-state index contributed by atoms with van der Waals surface area (Å²) >= 11 is 3.05. The van der Waals surface area contributed by atoms with Gasteiger partial charge in [-0.15, -0.1) is 13.2 Å². The maximum absolute atomic E-state index is 12.3. The lowest BCUT2D eigenvalue weighted by Gasteiger charge is -2.16. The van der Waals surface area contributed by atoms with Gasteiger partial charge in [0, 0.05) is 4.47 Å². The molecule has 0 fully saturated rings. The topological polar surface area (TPSA) is 64.4 Å². The van der Waals surface area contributed by atoms with Crippen LogP contribution in [0.2, 0.25) is 0 Å². The van der Waals surface area contributed by atoms with Crippen molar-refractivity contribution in [1.29, 1.82) is 0 Å². The monoisotopic (exact) mass is 368 g/mol. The number of alkyl halides is 3. The van der Waals surface area contributed by atoms with Crippen LogP contribution in [0.1, 0.15) is 26.2 Å². The minimum atomic E-state index is -4.84. The molecule has 0 aromatic heterocycles. The Labute approximate surface area is 129 Å². The summed E-state index contributed by atoms with van der Waals surface area (Å²) in [5, 5.41) is 2.36. The van der Waals surface area contributed by atoms with Crippen molar-refractivity contribution < 1.29 is 22.7 Å². The number of unbranched alkanes of at least 4 members (excludes halogenated alkanes) is 1. The van der Waals surface area contributed by atoms with Crippen LogP contribution in [-0.2, 0) is 4.79 Å². The number of carbonyl (C=O) groups is 1. The van der Waals surface area contributed by atoms with E-state index in [1.165, 1.54) is 12.1 Å². The first-order chi connectivity index (χ1) is 9.73. The van der Waals surface area contributed by atoms with Crippen molar-refractivity contribution in [3.05, 3.63) is 22.7 Å². The third kappa shape index (κ3) is 6.34. The lowest BCUT2D eigenvalue weighted by atomic mass is 10.1. The first-order valence-electron chi connectivity index (χ1n) is 6.34. The summed E-state index contributed by atoms with van der Waals surface area (Å²) in [6.45, 7) is 1.95. The molecule has 3 N–H and O–H groups in total. The van der Waals surface area contributed by atoms with Crippen molar-refractivity contribution in [2.75, 3.05) is 5.32 Å². The first kappa shape index (κ1) is 17.8. The molecule has 0 saturated heterocycles. The molecule has 1 atom stereocenters. The summed E-state index contributed by atoms with van der Waals surface area (Å²) in [7, 11) is 0. The van der Waals surface area contributed by atoms with Gasteiger partial charge in [-0.25, -0.2) is 0 Å². The van der Waals surface area contributed by atoms with Crippen molar-refractivity contribution in [2.24, 2.45) is 5.73 Å². The van der Waals surface area contributed by atoms with Gasteiger partial charge in [0.2, 0.25) is 5.91 Å². The predicted octanol–water partition coefficient (Wildman–Crippen LogP) is 3.80. The molecule has 1 amide bonds. The molecule has 118 valence electrons. The predicted molar refractivity (Wildman–Crippen MR) is 77.0 cm³/mol. The number of nitrogens with two attached hydrogens (primary N) is 1. The molecule has 0 saturated carbocycles. The highest BCUT2D eigenvalue weighted by molar-refractivity contribution is 9.10. The number of hydrogen-bond donors (Lipinski definition) is 2. The molecule has 1 unspecified atom stereocenters. The van der Waals surface area contributed by atoms with E-state index in [0.717, 1.165) is 18.9 Å². The van der Waals surface area contributed by atoms with E-state index in [1.54, 1.807) is 0 Å². The summed E-state index contributed by atoms with van der Waals surface area (Å²) in [6.07, 6.45) is -2.73. The molecule has 8 heteroatoms. The molecule has 0 aliphatic heterocycles. The zero-order chi connectivity index (χ0) is 16.0. The Bertz CT molecular complexity index is 495. The average molecular weight is 369 g/mol. The van der Waals surface area contributed by atoms with E-state index >= 15 is 0 Å². The molecule has 4 nitrogen and oxygen atoms in total. The number of rotatable bonds is 6. The number of anilines is 1. The fraction of sp³-hybridized carbons (Fsp3) is 0.462. The molecular weight excluding hydrogens is 353 g/mol. The van der Waals surface area contributed by atoms with Gasteiger partial charge >= 0.3 is 6.36 Å². The van der Waals surface area contributed by atoms with Crippen LogP contribution in [0.4, 0.5) is 18.9 Å². The maximum atomic E-state index is 12.3.